The Hall–Kier alpha value is -0.840. The molecule has 0 aliphatic heterocycles. The lowest BCUT2D eigenvalue weighted by atomic mass is 10.3. The van der Waals surface area contributed by atoms with E-state index in [1.807, 2.05) is 17.8 Å². The maximum Gasteiger partial charge on any atom is 0.233 e. The van der Waals surface area contributed by atoms with Crippen LogP contribution in [0.15, 0.2) is 12.3 Å². The van der Waals surface area contributed by atoms with Crippen molar-refractivity contribution < 1.29 is 4.79 Å². The Morgan fingerprint density at radius 2 is 2.50 bits per heavy atom. The van der Waals surface area contributed by atoms with Crippen LogP contribution < -0.4 is 5.32 Å². The van der Waals surface area contributed by atoms with Gasteiger partial charge in [-0.15, -0.1) is 0 Å². The first-order valence-corrected chi connectivity index (χ1v) is 5.41. The second-order valence-corrected chi connectivity index (χ2v) is 4.48. The zero-order valence-corrected chi connectivity index (χ0v) is 9.91. The molecular formula is C9H14BrN3O. The molecule has 1 aromatic heterocycles. The van der Waals surface area contributed by atoms with Crippen molar-refractivity contribution in [3.8, 4) is 0 Å². The van der Waals surface area contributed by atoms with Gasteiger partial charge in [-0.25, -0.2) is 0 Å². The lowest BCUT2D eigenvalue weighted by Gasteiger charge is -2.06. The highest BCUT2D eigenvalue weighted by Gasteiger charge is 2.07. The monoisotopic (exact) mass is 259 g/mol. The van der Waals surface area contributed by atoms with Gasteiger partial charge < -0.3 is 5.32 Å². The highest BCUT2D eigenvalue weighted by molar-refractivity contribution is 9.10. The van der Waals surface area contributed by atoms with E-state index in [1.54, 1.807) is 13.1 Å². The van der Waals surface area contributed by atoms with Gasteiger partial charge in [0.05, 0.1) is 4.83 Å². The van der Waals surface area contributed by atoms with Crippen LogP contribution in [0.4, 0.5) is 0 Å². The summed E-state index contributed by atoms with van der Waals surface area (Å²) in [6.45, 7) is 2.45. The molecule has 0 spiro atoms. The van der Waals surface area contributed by atoms with Crippen molar-refractivity contribution in [2.75, 3.05) is 6.54 Å². The van der Waals surface area contributed by atoms with Crippen LogP contribution in [-0.4, -0.2) is 27.1 Å². The van der Waals surface area contributed by atoms with Crippen molar-refractivity contribution in [2.45, 2.75) is 18.2 Å². The Bertz CT molecular complexity index is 309. The summed E-state index contributed by atoms with van der Waals surface area (Å²) < 4.78 is 1.81. The molecule has 0 bridgehead atoms. The fourth-order valence-corrected chi connectivity index (χ4v) is 1.26. The van der Waals surface area contributed by atoms with Crippen LogP contribution in [0.2, 0.25) is 0 Å². The molecule has 1 N–H and O–H groups in total. The number of carbonyl (C=O) groups excluding carboxylic acids is 1. The quantitative estimate of drug-likeness (QED) is 0.816. The summed E-state index contributed by atoms with van der Waals surface area (Å²) in [6, 6.07) is 1.95. The fraction of sp³-hybridized carbons (Fsp3) is 0.556. The molecule has 14 heavy (non-hydrogen) atoms. The van der Waals surface area contributed by atoms with Crippen LogP contribution in [0, 0.1) is 0 Å². The zero-order valence-electron chi connectivity index (χ0n) is 8.33. The summed E-state index contributed by atoms with van der Waals surface area (Å²) >= 11 is 3.20. The number of carbonyl (C=O) groups is 1. The summed E-state index contributed by atoms with van der Waals surface area (Å²) in [5, 5.41) is 6.86. The number of halogens is 1. The Labute approximate surface area is 91.8 Å². The Morgan fingerprint density at radius 1 is 1.79 bits per heavy atom. The van der Waals surface area contributed by atoms with E-state index in [2.05, 4.69) is 26.3 Å². The topological polar surface area (TPSA) is 46.9 Å². The molecule has 0 aliphatic carbocycles. The third kappa shape index (κ3) is 3.14. The number of rotatable bonds is 4. The summed E-state index contributed by atoms with van der Waals surface area (Å²) in [4.78, 5) is 11.0. The number of hydrogen-bond acceptors (Lipinski definition) is 2. The van der Waals surface area contributed by atoms with Crippen molar-refractivity contribution in [3.63, 3.8) is 0 Å². The minimum Gasteiger partial charge on any atom is -0.355 e. The number of aryl methyl sites for hydroxylation is 1. The smallest absolute Gasteiger partial charge is 0.233 e. The highest BCUT2D eigenvalue weighted by Crippen LogP contribution is 1.98. The van der Waals surface area contributed by atoms with Crippen molar-refractivity contribution in [1.82, 2.24) is 15.1 Å². The van der Waals surface area contributed by atoms with Gasteiger partial charge in [-0.2, -0.15) is 5.10 Å². The van der Waals surface area contributed by atoms with E-state index in [1.165, 1.54) is 0 Å². The molecule has 0 saturated heterocycles. The molecule has 78 valence electrons. The average Bonchev–Trinajstić information content (AvgIpc) is 2.51. The largest absolute Gasteiger partial charge is 0.355 e. The molecule has 0 radical (unpaired) electrons. The molecule has 1 aromatic rings. The number of amides is 1. The lowest BCUT2D eigenvalue weighted by molar-refractivity contribution is -0.120. The maximum absolute atomic E-state index is 11.2. The minimum absolute atomic E-state index is 0.0205. The second-order valence-electron chi connectivity index (χ2n) is 3.10. The van der Waals surface area contributed by atoms with Gasteiger partial charge in [-0.3, -0.25) is 9.48 Å². The van der Waals surface area contributed by atoms with Crippen molar-refractivity contribution in [1.29, 1.82) is 0 Å². The molecule has 0 saturated carbocycles. The van der Waals surface area contributed by atoms with E-state index in [0.29, 0.717) is 6.54 Å². The SMILES string of the molecule is CC(Br)C(=O)NCCc1ccnn1C. The predicted molar refractivity (Wildman–Crippen MR) is 58.3 cm³/mol. The van der Waals surface area contributed by atoms with Gasteiger partial charge in [0.2, 0.25) is 5.91 Å². The van der Waals surface area contributed by atoms with E-state index in [-0.39, 0.29) is 10.7 Å². The van der Waals surface area contributed by atoms with Crippen LogP contribution in [0.25, 0.3) is 0 Å². The molecule has 0 aromatic carbocycles. The van der Waals surface area contributed by atoms with Gasteiger partial charge in [0.1, 0.15) is 0 Å². The van der Waals surface area contributed by atoms with Crippen LogP contribution in [0.3, 0.4) is 0 Å². The first kappa shape index (κ1) is 11.2. The average molecular weight is 260 g/mol. The molecule has 1 amide bonds. The number of nitrogens with one attached hydrogen (secondary N) is 1. The van der Waals surface area contributed by atoms with E-state index in [0.717, 1.165) is 12.1 Å². The lowest BCUT2D eigenvalue weighted by Crippen LogP contribution is -2.31. The van der Waals surface area contributed by atoms with Gasteiger partial charge in [-0.1, -0.05) is 15.9 Å². The number of aromatic nitrogens is 2. The van der Waals surface area contributed by atoms with Gasteiger partial charge in [0.25, 0.3) is 0 Å². The Balaban J connectivity index is 2.29. The summed E-state index contributed by atoms with van der Waals surface area (Å²) in [5.74, 6) is 0.0205. The van der Waals surface area contributed by atoms with Crippen LogP contribution in [0.1, 0.15) is 12.6 Å². The third-order valence-corrected chi connectivity index (χ3v) is 2.38. The molecule has 0 aliphatic rings. The van der Waals surface area contributed by atoms with Gasteiger partial charge >= 0.3 is 0 Å². The van der Waals surface area contributed by atoms with Crippen molar-refractivity contribution in [3.05, 3.63) is 18.0 Å². The first-order chi connectivity index (χ1) is 6.61. The summed E-state index contributed by atoms with van der Waals surface area (Å²) in [7, 11) is 1.89. The molecule has 1 rings (SSSR count). The molecular weight excluding hydrogens is 246 g/mol. The van der Waals surface area contributed by atoms with Gasteiger partial charge in [0, 0.05) is 31.9 Å². The fourth-order valence-electron chi connectivity index (χ4n) is 1.10. The van der Waals surface area contributed by atoms with Crippen LogP contribution in [0.5, 0.6) is 0 Å². The normalized spacial score (nSPS) is 12.5. The van der Waals surface area contributed by atoms with Gasteiger partial charge in [-0.05, 0) is 13.0 Å². The molecule has 1 unspecified atom stereocenters. The van der Waals surface area contributed by atoms with E-state index >= 15 is 0 Å². The first-order valence-electron chi connectivity index (χ1n) is 4.50. The van der Waals surface area contributed by atoms with E-state index in [9.17, 15) is 4.79 Å². The molecule has 0 fully saturated rings. The third-order valence-electron chi connectivity index (χ3n) is 1.96. The Kier molecular flexibility index (Phi) is 4.13. The van der Waals surface area contributed by atoms with Crippen molar-refractivity contribution >= 4 is 21.8 Å². The number of alkyl halides is 1. The number of hydrogen-bond donors (Lipinski definition) is 1. The van der Waals surface area contributed by atoms with Crippen LogP contribution >= 0.6 is 15.9 Å². The summed E-state index contributed by atoms with van der Waals surface area (Å²) in [6.07, 6.45) is 2.56. The van der Waals surface area contributed by atoms with Gasteiger partial charge in [0.15, 0.2) is 0 Å². The number of nitrogens with zero attached hydrogens (tertiary/aromatic N) is 2. The Morgan fingerprint density at radius 3 is 3.00 bits per heavy atom. The molecule has 1 heterocycles. The standard InChI is InChI=1S/C9H14BrN3O/c1-7(10)9(14)11-5-3-8-4-6-12-13(8)2/h4,6-7H,3,5H2,1-2H3,(H,11,14). The summed E-state index contributed by atoms with van der Waals surface area (Å²) in [5.41, 5.74) is 1.12. The maximum atomic E-state index is 11.2. The minimum atomic E-state index is -0.131. The molecule has 1 atom stereocenters. The molecule has 5 heteroatoms. The van der Waals surface area contributed by atoms with Crippen LogP contribution in [-0.2, 0) is 18.3 Å². The van der Waals surface area contributed by atoms with E-state index < -0.39 is 0 Å². The highest BCUT2D eigenvalue weighted by atomic mass is 79.9. The molecule has 4 nitrogen and oxygen atoms in total. The second kappa shape index (κ2) is 5.14. The predicted octanol–water partition coefficient (Wildman–Crippen LogP) is 0.862. The van der Waals surface area contributed by atoms with Crippen molar-refractivity contribution in [2.24, 2.45) is 7.05 Å². The zero-order chi connectivity index (χ0) is 10.6. The van der Waals surface area contributed by atoms with E-state index in [4.69, 9.17) is 0 Å².